The summed E-state index contributed by atoms with van der Waals surface area (Å²) in [6.07, 6.45) is 0.840. The molecule has 1 saturated heterocycles. The van der Waals surface area contributed by atoms with Crippen LogP contribution in [0.3, 0.4) is 0 Å². The number of likely N-dealkylation sites (tertiary alicyclic amines) is 1. The van der Waals surface area contributed by atoms with E-state index in [1.807, 2.05) is 0 Å². The number of hydrogen-bond acceptors (Lipinski definition) is 4. The van der Waals surface area contributed by atoms with Crippen molar-refractivity contribution in [2.45, 2.75) is 45.8 Å². The molecule has 0 aliphatic carbocycles. The second kappa shape index (κ2) is 6.67. The summed E-state index contributed by atoms with van der Waals surface area (Å²) in [5.41, 5.74) is 0. The van der Waals surface area contributed by atoms with Crippen molar-refractivity contribution in [2.24, 2.45) is 5.92 Å². The normalized spacial score (nSPS) is 23.4. The molecular formula is C12H24N2O4S. The SMILES string of the molecule is CCCS(=O)(=O)NC(C)C(=O)N1CCC(C(C)O)C1. The van der Waals surface area contributed by atoms with Gasteiger partial charge >= 0.3 is 0 Å². The summed E-state index contributed by atoms with van der Waals surface area (Å²) in [6, 6.07) is -0.746. The molecule has 0 aromatic heterocycles. The lowest BCUT2D eigenvalue weighted by atomic mass is 10.0. The molecule has 1 aliphatic rings. The first-order valence-corrected chi connectivity index (χ1v) is 8.39. The number of rotatable bonds is 6. The molecule has 0 radical (unpaired) electrons. The van der Waals surface area contributed by atoms with Gasteiger partial charge in [0.25, 0.3) is 0 Å². The number of hydrogen-bond donors (Lipinski definition) is 2. The summed E-state index contributed by atoms with van der Waals surface area (Å²) in [7, 11) is -3.38. The van der Waals surface area contributed by atoms with E-state index < -0.39 is 22.2 Å². The molecule has 19 heavy (non-hydrogen) atoms. The summed E-state index contributed by atoms with van der Waals surface area (Å²) < 4.78 is 25.6. The topological polar surface area (TPSA) is 86.7 Å². The van der Waals surface area contributed by atoms with Gasteiger partial charge in [0, 0.05) is 19.0 Å². The van der Waals surface area contributed by atoms with E-state index in [1.165, 1.54) is 0 Å². The van der Waals surface area contributed by atoms with Gasteiger partial charge in [-0.3, -0.25) is 4.79 Å². The molecule has 7 heteroatoms. The van der Waals surface area contributed by atoms with Crippen molar-refractivity contribution in [3.8, 4) is 0 Å². The van der Waals surface area contributed by atoms with Crippen molar-refractivity contribution >= 4 is 15.9 Å². The van der Waals surface area contributed by atoms with Crippen LogP contribution < -0.4 is 4.72 Å². The average molecular weight is 292 g/mol. The minimum absolute atomic E-state index is 0.0287. The zero-order valence-corrected chi connectivity index (χ0v) is 12.6. The molecule has 0 aromatic rings. The van der Waals surface area contributed by atoms with Gasteiger partial charge in [-0.25, -0.2) is 13.1 Å². The first-order chi connectivity index (χ1) is 8.76. The van der Waals surface area contributed by atoms with Crippen LogP contribution in [-0.4, -0.2) is 55.3 Å². The molecule has 1 amide bonds. The van der Waals surface area contributed by atoms with Crippen molar-refractivity contribution in [1.82, 2.24) is 9.62 Å². The van der Waals surface area contributed by atoms with Crippen LogP contribution in [0.2, 0.25) is 0 Å². The number of aliphatic hydroxyl groups is 1. The van der Waals surface area contributed by atoms with E-state index in [-0.39, 0.29) is 17.6 Å². The molecule has 3 atom stereocenters. The molecule has 0 saturated carbocycles. The number of sulfonamides is 1. The Kier molecular flexibility index (Phi) is 5.76. The van der Waals surface area contributed by atoms with Gasteiger partial charge in [0.15, 0.2) is 0 Å². The van der Waals surface area contributed by atoms with Crippen LogP contribution in [-0.2, 0) is 14.8 Å². The van der Waals surface area contributed by atoms with Crippen LogP contribution in [0.5, 0.6) is 0 Å². The lowest BCUT2D eigenvalue weighted by Crippen LogP contribution is -2.46. The predicted molar refractivity (Wildman–Crippen MR) is 73.0 cm³/mol. The number of amides is 1. The predicted octanol–water partition coefficient (Wildman–Crippen LogP) is -0.0664. The Morgan fingerprint density at radius 2 is 2.11 bits per heavy atom. The molecule has 1 heterocycles. The van der Waals surface area contributed by atoms with E-state index in [4.69, 9.17) is 0 Å². The van der Waals surface area contributed by atoms with E-state index in [9.17, 15) is 18.3 Å². The van der Waals surface area contributed by atoms with Crippen LogP contribution in [0.15, 0.2) is 0 Å². The first kappa shape index (κ1) is 16.4. The van der Waals surface area contributed by atoms with E-state index in [0.29, 0.717) is 19.5 Å². The van der Waals surface area contributed by atoms with E-state index in [1.54, 1.807) is 25.7 Å². The fourth-order valence-electron chi connectivity index (χ4n) is 2.30. The van der Waals surface area contributed by atoms with Crippen molar-refractivity contribution in [2.75, 3.05) is 18.8 Å². The van der Waals surface area contributed by atoms with Gasteiger partial charge < -0.3 is 10.0 Å². The summed E-state index contributed by atoms with van der Waals surface area (Å²) in [5, 5.41) is 9.50. The molecule has 1 fully saturated rings. The molecule has 6 nitrogen and oxygen atoms in total. The average Bonchev–Trinajstić information content (AvgIpc) is 2.76. The fraction of sp³-hybridized carbons (Fsp3) is 0.917. The number of nitrogens with one attached hydrogen (secondary N) is 1. The Hall–Kier alpha value is -0.660. The number of carbonyl (C=O) groups excluding carboxylic acids is 1. The molecule has 3 unspecified atom stereocenters. The Morgan fingerprint density at radius 1 is 1.47 bits per heavy atom. The third-order valence-corrected chi connectivity index (χ3v) is 5.08. The second-order valence-corrected chi connectivity index (χ2v) is 7.11. The number of nitrogens with zero attached hydrogens (tertiary/aromatic N) is 1. The highest BCUT2D eigenvalue weighted by molar-refractivity contribution is 7.89. The van der Waals surface area contributed by atoms with Crippen molar-refractivity contribution in [3.63, 3.8) is 0 Å². The van der Waals surface area contributed by atoms with E-state index in [0.717, 1.165) is 6.42 Å². The third kappa shape index (κ3) is 4.74. The summed E-state index contributed by atoms with van der Waals surface area (Å²) in [6.45, 7) is 6.13. The van der Waals surface area contributed by atoms with Crippen LogP contribution >= 0.6 is 0 Å². The van der Waals surface area contributed by atoms with Crippen LogP contribution in [0.1, 0.15) is 33.6 Å². The molecule has 112 valence electrons. The van der Waals surface area contributed by atoms with Crippen molar-refractivity contribution in [1.29, 1.82) is 0 Å². The smallest absolute Gasteiger partial charge is 0.240 e. The van der Waals surface area contributed by atoms with Gasteiger partial charge in [0.1, 0.15) is 0 Å². The monoisotopic (exact) mass is 292 g/mol. The van der Waals surface area contributed by atoms with Gasteiger partial charge in [-0.2, -0.15) is 0 Å². The highest BCUT2D eigenvalue weighted by Crippen LogP contribution is 2.20. The Labute approximate surface area is 115 Å². The van der Waals surface area contributed by atoms with Crippen LogP contribution in [0.25, 0.3) is 0 Å². The standard InChI is InChI=1S/C12H24N2O4S/c1-4-7-19(17,18)13-9(2)12(16)14-6-5-11(8-14)10(3)15/h9-11,13,15H,4-8H2,1-3H3. The highest BCUT2D eigenvalue weighted by Gasteiger charge is 2.32. The molecule has 2 N–H and O–H groups in total. The van der Waals surface area contributed by atoms with Gasteiger partial charge in [0.05, 0.1) is 17.9 Å². The van der Waals surface area contributed by atoms with Gasteiger partial charge in [-0.1, -0.05) is 6.92 Å². The van der Waals surface area contributed by atoms with Gasteiger partial charge in [-0.15, -0.1) is 0 Å². The lowest BCUT2D eigenvalue weighted by Gasteiger charge is -2.22. The minimum atomic E-state index is -3.38. The van der Waals surface area contributed by atoms with E-state index >= 15 is 0 Å². The largest absolute Gasteiger partial charge is 0.393 e. The third-order valence-electron chi connectivity index (χ3n) is 3.42. The van der Waals surface area contributed by atoms with E-state index in [2.05, 4.69) is 4.72 Å². The Morgan fingerprint density at radius 3 is 2.58 bits per heavy atom. The van der Waals surface area contributed by atoms with Crippen LogP contribution in [0, 0.1) is 5.92 Å². The zero-order chi connectivity index (χ0) is 14.6. The Bertz CT molecular complexity index is 408. The molecule has 1 rings (SSSR count). The highest BCUT2D eigenvalue weighted by atomic mass is 32.2. The Balaban J connectivity index is 2.54. The maximum atomic E-state index is 12.1. The minimum Gasteiger partial charge on any atom is -0.393 e. The second-order valence-electron chi connectivity index (χ2n) is 5.23. The van der Waals surface area contributed by atoms with Crippen molar-refractivity contribution in [3.05, 3.63) is 0 Å². The zero-order valence-electron chi connectivity index (χ0n) is 11.8. The lowest BCUT2D eigenvalue weighted by molar-refractivity contribution is -0.131. The maximum Gasteiger partial charge on any atom is 0.240 e. The summed E-state index contributed by atoms with van der Waals surface area (Å²) >= 11 is 0. The summed E-state index contributed by atoms with van der Waals surface area (Å²) in [5.74, 6) is -0.104. The van der Waals surface area contributed by atoms with Crippen molar-refractivity contribution < 1.29 is 18.3 Å². The molecule has 0 bridgehead atoms. The molecule has 1 aliphatic heterocycles. The number of aliphatic hydroxyl groups excluding tert-OH is 1. The first-order valence-electron chi connectivity index (χ1n) is 6.73. The van der Waals surface area contributed by atoms with Gasteiger partial charge in [-0.05, 0) is 26.7 Å². The van der Waals surface area contributed by atoms with Crippen LogP contribution in [0.4, 0.5) is 0 Å². The number of carbonyl (C=O) groups is 1. The quantitative estimate of drug-likeness (QED) is 0.717. The van der Waals surface area contributed by atoms with Gasteiger partial charge in [0.2, 0.25) is 15.9 Å². The molecule has 0 spiro atoms. The summed E-state index contributed by atoms with van der Waals surface area (Å²) in [4.78, 5) is 13.7. The fourth-order valence-corrected chi connectivity index (χ4v) is 3.60. The molecule has 0 aromatic carbocycles. The molecular weight excluding hydrogens is 268 g/mol. The maximum absolute atomic E-state index is 12.1.